The lowest BCUT2D eigenvalue weighted by Gasteiger charge is -2.11. The van der Waals surface area contributed by atoms with Crippen molar-refractivity contribution in [3.05, 3.63) is 86.8 Å². The number of carbonyl (C=O) groups is 2. The lowest BCUT2D eigenvalue weighted by molar-refractivity contribution is -0.384. The SMILES string of the molecule is CCCOC(=O)c1c(-c2ccc([C@@H](C)CC)cc2)csc1NC(=O)/C=C/c1cccc([N+](=O)[O-])c1. The van der Waals surface area contributed by atoms with Gasteiger partial charge in [-0.15, -0.1) is 11.3 Å². The number of nitro benzene ring substituents is 1. The molecule has 0 saturated heterocycles. The summed E-state index contributed by atoms with van der Waals surface area (Å²) in [5.74, 6) is -0.512. The number of hydrogen-bond donors (Lipinski definition) is 1. The molecule has 1 heterocycles. The van der Waals surface area contributed by atoms with Crippen molar-refractivity contribution >= 4 is 40.0 Å². The molecule has 1 amide bonds. The Morgan fingerprint density at radius 1 is 1.17 bits per heavy atom. The molecule has 1 atom stereocenters. The van der Waals surface area contributed by atoms with E-state index in [1.54, 1.807) is 12.1 Å². The van der Waals surface area contributed by atoms with E-state index in [4.69, 9.17) is 4.74 Å². The van der Waals surface area contributed by atoms with E-state index >= 15 is 0 Å². The molecule has 0 aliphatic rings. The fraction of sp³-hybridized carbons (Fsp3) is 0.259. The summed E-state index contributed by atoms with van der Waals surface area (Å²) >= 11 is 1.25. The third kappa shape index (κ3) is 6.64. The van der Waals surface area contributed by atoms with Crippen molar-refractivity contribution in [2.45, 2.75) is 39.5 Å². The fourth-order valence-corrected chi connectivity index (χ4v) is 4.39. The maximum atomic E-state index is 12.9. The summed E-state index contributed by atoms with van der Waals surface area (Å²) in [6.07, 6.45) is 4.48. The molecule has 0 unspecified atom stereocenters. The minimum atomic E-state index is -0.493. The van der Waals surface area contributed by atoms with E-state index < -0.39 is 16.8 Å². The topological polar surface area (TPSA) is 98.5 Å². The van der Waals surface area contributed by atoms with Crippen molar-refractivity contribution in [2.24, 2.45) is 0 Å². The number of carbonyl (C=O) groups excluding carboxylic acids is 2. The molecule has 182 valence electrons. The van der Waals surface area contributed by atoms with Crippen LogP contribution in [0.1, 0.15) is 61.0 Å². The Bertz CT molecular complexity index is 1230. The van der Waals surface area contributed by atoms with Crippen LogP contribution in [0.25, 0.3) is 17.2 Å². The molecule has 0 spiro atoms. The molecular weight excluding hydrogens is 464 g/mol. The van der Waals surface area contributed by atoms with Crippen LogP contribution >= 0.6 is 11.3 Å². The summed E-state index contributed by atoms with van der Waals surface area (Å²) in [5, 5.41) is 15.9. The zero-order valence-corrected chi connectivity index (χ0v) is 20.8. The second kappa shape index (κ2) is 12.1. The zero-order valence-electron chi connectivity index (χ0n) is 19.9. The third-order valence-corrected chi connectivity index (χ3v) is 6.48. The van der Waals surface area contributed by atoms with Gasteiger partial charge in [-0.1, -0.05) is 57.2 Å². The molecule has 0 fully saturated rings. The number of hydrogen-bond acceptors (Lipinski definition) is 6. The summed E-state index contributed by atoms with van der Waals surface area (Å²) in [5.41, 5.74) is 3.56. The number of non-ortho nitro benzene ring substituents is 1. The molecule has 2 aromatic carbocycles. The highest BCUT2D eigenvalue weighted by atomic mass is 32.1. The van der Waals surface area contributed by atoms with E-state index in [9.17, 15) is 19.7 Å². The number of nitro groups is 1. The van der Waals surface area contributed by atoms with Crippen LogP contribution in [0.2, 0.25) is 0 Å². The average Bonchev–Trinajstić information content (AvgIpc) is 3.29. The van der Waals surface area contributed by atoms with Gasteiger partial charge in [-0.3, -0.25) is 14.9 Å². The highest BCUT2D eigenvalue weighted by molar-refractivity contribution is 7.15. The van der Waals surface area contributed by atoms with Gasteiger partial charge < -0.3 is 10.1 Å². The van der Waals surface area contributed by atoms with Crippen molar-refractivity contribution in [1.82, 2.24) is 0 Å². The normalized spacial score (nSPS) is 11.9. The van der Waals surface area contributed by atoms with E-state index in [1.807, 2.05) is 24.4 Å². The van der Waals surface area contributed by atoms with Gasteiger partial charge in [0, 0.05) is 29.2 Å². The molecule has 3 rings (SSSR count). The monoisotopic (exact) mass is 492 g/mol. The first-order chi connectivity index (χ1) is 16.8. The number of rotatable bonds is 10. The van der Waals surface area contributed by atoms with Gasteiger partial charge >= 0.3 is 5.97 Å². The molecule has 1 aromatic heterocycles. The number of benzene rings is 2. The average molecular weight is 493 g/mol. The fourth-order valence-electron chi connectivity index (χ4n) is 3.43. The van der Waals surface area contributed by atoms with E-state index in [0.717, 1.165) is 12.0 Å². The van der Waals surface area contributed by atoms with Crippen LogP contribution in [0, 0.1) is 10.1 Å². The summed E-state index contributed by atoms with van der Waals surface area (Å²) in [6.45, 7) is 6.50. The van der Waals surface area contributed by atoms with E-state index in [2.05, 4.69) is 31.3 Å². The van der Waals surface area contributed by atoms with Crippen molar-refractivity contribution in [3.8, 4) is 11.1 Å². The standard InChI is InChI=1S/C27H28N2O5S/c1-4-15-34-27(31)25-23(21-12-10-20(11-13-21)18(3)5-2)17-35-26(25)28-24(30)14-9-19-7-6-8-22(16-19)29(32)33/h6-14,16-18H,4-5,15H2,1-3H3,(H,28,30)/b14-9+/t18-/m0/s1. The van der Waals surface area contributed by atoms with Crippen LogP contribution < -0.4 is 5.32 Å². The van der Waals surface area contributed by atoms with Gasteiger partial charge in [-0.2, -0.15) is 0 Å². The largest absolute Gasteiger partial charge is 0.462 e. The molecule has 8 heteroatoms. The van der Waals surface area contributed by atoms with E-state index in [0.29, 0.717) is 34.0 Å². The maximum Gasteiger partial charge on any atom is 0.341 e. The Balaban J connectivity index is 1.86. The number of nitrogens with one attached hydrogen (secondary N) is 1. The van der Waals surface area contributed by atoms with Gasteiger partial charge in [0.1, 0.15) is 10.6 Å². The van der Waals surface area contributed by atoms with Gasteiger partial charge in [0.2, 0.25) is 5.91 Å². The number of thiophene rings is 1. The minimum Gasteiger partial charge on any atom is -0.462 e. The van der Waals surface area contributed by atoms with Gasteiger partial charge in [0.25, 0.3) is 5.69 Å². The Morgan fingerprint density at radius 3 is 2.57 bits per heavy atom. The third-order valence-electron chi connectivity index (χ3n) is 5.58. The van der Waals surface area contributed by atoms with Crippen LogP contribution in [0.15, 0.2) is 60.0 Å². The van der Waals surface area contributed by atoms with Gasteiger partial charge in [0.15, 0.2) is 0 Å². The molecule has 0 aliphatic heterocycles. The highest BCUT2D eigenvalue weighted by Crippen LogP contribution is 2.37. The first-order valence-electron chi connectivity index (χ1n) is 11.5. The van der Waals surface area contributed by atoms with E-state index in [-0.39, 0.29) is 12.3 Å². The predicted octanol–water partition coefficient (Wildman–Crippen LogP) is 7.06. The van der Waals surface area contributed by atoms with Crippen molar-refractivity contribution in [2.75, 3.05) is 11.9 Å². The van der Waals surface area contributed by atoms with Crippen molar-refractivity contribution in [1.29, 1.82) is 0 Å². The minimum absolute atomic E-state index is 0.0595. The lowest BCUT2D eigenvalue weighted by Crippen LogP contribution is -2.13. The van der Waals surface area contributed by atoms with Gasteiger partial charge in [0.05, 0.1) is 11.5 Å². The Labute approximate surface area is 208 Å². The number of nitrogens with zero attached hydrogens (tertiary/aromatic N) is 1. The second-order valence-electron chi connectivity index (χ2n) is 8.10. The van der Waals surface area contributed by atoms with E-state index in [1.165, 1.54) is 41.2 Å². The molecule has 35 heavy (non-hydrogen) atoms. The zero-order chi connectivity index (χ0) is 25.4. The van der Waals surface area contributed by atoms with Gasteiger partial charge in [-0.25, -0.2) is 4.79 Å². The van der Waals surface area contributed by atoms with Crippen LogP contribution in [0.3, 0.4) is 0 Å². The summed E-state index contributed by atoms with van der Waals surface area (Å²) in [6, 6.07) is 14.1. The van der Waals surface area contributed by atoms with Crippen molar-refractivity contribution in [3.63, 3.8) is 0 Å². The highest BCUT2D eigenvalue weighted by Gasteiger charge is 2.22. The van der Waals surface area contributed by atoms with Crippen LogP contribution in [-0.2, 0) is 9.53 Å². The summed E-state index contributed by atoms with van der Waals surface area (Å²) < 4.78 is 5.40. The molecule has 0 saturated carbocycles. The number of ether oxygens (including phenoxy) is 1. The van der Waals surface area contributed by atoms with Crippen LogP contribution in [0.5, 0.6) is 0 Å². The smallest absolute Gasteiger partial charge is 0.341 e. The Hall–Kier alpha value is -3.78. The molecule has 0 bridgehead atoms. The van der Waals surface area contributed by atoms with Crippen LogP contribution in [-0.4, -0.2) is 23.4 Å². The molecule has 3 aromatic rings. The number of amides is 1. The second-order valence-corrected chi connectivity index (χ2v) is 8.98. The predicted molar refractivity (Wildman–Crippen MR) is 140 cm³/mol. The number of anilines is 1. The van der Waals surface area contributed by atoms with Crippen LogP contribution in [0.4, 0.5) is 10.7 Å². The molecule has 7 nitrogen and oxygen atoms in total. The molecule has 0 radical (unpaired) electrons. The lowest BCUT2D eigenvalue weighted by atomic mass is 9.95. The summed E-state index contributed by atoms with van der Waals surface area (Å²) in [4.78, 5) is 36.0. The quantitative estimate of drug-likeness (QED) is 0.141. The molecular formula is C27H28N2O5S. The molecule has 0 aliphatic carbocycles. The Morgan fingerprint density at radius 2 is 1.91 bits per heavy atom. The molecule has 1 N–H and O–H groups in total. The van der Waals surface area contributed by atoms with Crippen molar-refractivity contribution < 1.29 is 19.2 Å². The summed E-state index contributed by atoms with van der Waals surface area (Å²) in [7, 11) is 0. The Kier molecular flexibility index (Phi) is 8.92. The first-order valence-corrected chi connectivity index (χ1v) is 12.3. The van der Waals surface area contributed by atoms with Gasteiger partial charge in [-0.05, 0) is 41.5 Å². The number of esters is 1. The maximum absolute atomic E-state index is 12.9. The first kappa shape index (κ1) is 25.8.